The van der Waals surface area contributed by atoms with Crippen LogP contribution in [0.25, 0.3) is 0 Å². The molecule has 3 heteroatoms. The van der Waals surface area contributed by atoms with Gasteiger partial charge in [0.25, 0.3) is 0 Å². The van der Waals surface area contributed by atoms with Gasteiger partial charge in [0.2, 0.25) is 0 Å². The maximum atomic E-state index is 13.6. The first-order valence-electron chi connectivity index (χ1n) is 7.05. The second-order valence-electron chi connectivity index (χ2n) is 6.16. The number of halogens is 1. The fraction of sp³-hybridized carbons (Fsp3) is 0.625. The summed E-state index contributed by atoms with van der Waals surface area (Å²) in [5.41, 5.74) is 7.63. The molecule has 1 rings (SSSR count). The zero-order valence-electron chi connectivity index (χ0n) is 12.7. The molecule has 0 saturated heterocycles. The second kappa shape index (κ2) is 7.01. The van der Waals surface area contributed by atoms with E-state index in [9.17, 15) is 4.39 Å². The summed E-state index contributed by atoms with van der Waals surface area (Å²) < 4.78 is 13.6. The summed E-state index contributed by atoms with van der Waals surface area (Å²) in [7, 11) is 0. The molecule has 0 aliphatic carbocycles. The summed E-state index contributed by atoms with van der Waals surface area (Å²) in [6.07, 6.45) is 1.09. The molecule has 0 bridgehead atoms. The van der Waals surface area contributed by atoms with Gasteiger partial charge in [-0.15, -0.1) is 0 Å². The van der Waals surface area contributed by atoms with E-state index >= 15 is 0 Å². The molecule has 108 valence electrons. The van der Waals surface area contributed by atoms with Crippen LogP contribution in [0.5, 0.6) is 0 Å². The van der Waals surface area contributed by atoms with Crippen LogP contribution in [0.2, 0.25) is 0 Å². The van der Waals surface area contributed by atoms with Crippen molar-refractivity contribution in [2.75, 3.05) is 19.6 Å². The van der Waals surface area contributed by atoms with Crippen LogP contribution < -0.4 is 5.73 Å². The van der Waals surface area contributed by atoms with Crippen molar-refractivity contribution in [1.82, 2.24) is 4.90 Å². The molecule has 0 aliphatic rings. The predicted molar refractivity (Wildman–Crippen MR) is 79.5 cm³/mol. The van der Waals surface area contributed by atoms with E-state index in [1.165, 1.54) is 0 Å². The molecule has 1 aromatic rings. The second-order valence-corrected chi connectivity index (χ2v) is 6.16. The Morgan fingerprint density at radius 2 is 2.00 bits per heavy atom. The SMILES string of the molecule is CCCN(Cc1ccc(C)c(F)c1)CC(C)(C)CN. The Labute approximate surface area is 116 Å². The van der Waals surface area contributed by atoms with E-state index in [4.69, 9.17) is 5.73 Å². The van der Waals surface area contributed by atoms with Crippen molar-refractivity contribution in [3.63, 3.8) is 0 Å². The van der Waals surface area contributed by atoms with Gasteiger partial charge >= 0.3 is 0 Å². The summed E-state index contributed by atoms with van der Waals surface area (Å²) in [5, 5.41) is 0. The lowest BCUT2D eigenvalue weighted by Gasteiger charge is -2.31. The van der Waals surface area contributed by atoms with Crippen LogP contribution in [0.15, 0.2) is 18.2 Å². The highest BCUT2D eigenvalue weighted by molar-refractivity contribution is 5.23. The van der Waals surface area contributed by atoms with E-state index in [1.54, 1.807) is 13.0 Å². The Morgan fingerprint density at radius 1 is 1.32 bits per heavy atom. The number of nitrogens with zero attached hydrogens (tertiary/aromatic N) is 1. The summed E-state index contributed by atoms with van der Waals surface area (Å²) >= 11 is 0. The number of hydrogen-bond donors (Lipinski definition) is 1. The Hall–Kier alpha value is -0.930. The van der Waals surface area contributed by atoms with Crippen molar-refractivity contribution in [1.29, 1.82) is 0 Å². The van der Waals surface area contributed by atoms with Crippen molar-refractivity contribution in [2.45, 2.75) is 40.7 Å². The van der Waals surface area contributed by atoms with Gasteiger partial charge in [0, 0.05) is 13.1 Å². The number of aryl methyl sites for hydroxylation is 1. The maximum Gasteiger partial charge on any atom is 0.126 e. The molecule has 0 aromatic heterocycles. The topological polar surface area (TPSA) is 29.3 Å². The lowest BCUT2D eigenvalue weighted by atomic mass is 9.93. The van der Waals surface area contributed by atoms with Crippen molar-refractivity contribution in [3.8, 4) is 0 Å². The average molecular weight is 266 g/mol. The first-order chi connectivity index (χ1) is 8.88. The highest BCUT2D eigenvalue weighted by Crippen LogP contribution is 2.18. The number of nitrogens with two attached hydrogens (primary N) is 1. The van der Waals surface area contributed by atoms with Gasteiger partial charge in [-0.3, -0.25) is 4.90 Å². The molecular formula is C16H27FN2. The summed E-state index contributed by atoms with van der Waals surface area (Å²) in [6, 6.07) is 5.51. The number of benzene rings is 1. The lowest BCUT2D eigenvalue weighted by Crippen LogP contribution is -2.38. The van der Waals surface area contributed by atoms with E-state index in [1.807, 2.05) is 12.1 Å². The standard InChI is InChI=1S/C16H27FN2/c1-5-8-19(12-16(3,4)11-18)10-14-7-6-13(2)15(17)9-14/h6-7,9H,5,8,10-12,18H2,1-4H3. The van der Waals surface area contributed by atoms with Gasteiger partial charge in [-0.05, 0) is 49.0 Å². The Morgan fingerprint density at radius 3 is 2.53 bits per heavy atom. The van der Waals surface area contributed by atoms with Crippen molar-refractivity contribution < 1.29 is 4.39 Å². The molecule has 19 heavy (non-hydrogen) atoms. The molecule has 0 atom stereocenters. The van der Waals surface area contributed by atoms with E-state index in [0.717, 1.165) is 31.6 Å². The molecule has 2 N–H and O–H groups in total. The fourth-order valence-electron chi connectivity index (χ4n) is 2.19. The number of hydrogen-bond acceptors (Lipinski definition) is 2. The van der Waals surface area contributed by atoms with Gasteiger partial charge in [-0.1, -0.05) is 32.9 Å². The smallest absolute Gasteiger partial charge is 0.126 e. The molecule has 0 spiro atoms. The molecular weight excluding hydrogens is 239 g/mol. The highest BCUT2D eigenvalue weighted by atomic mass is 19.1. The van der Waals surface area contributed by atoms with Gasteiger partial charge in [-0.2, -0.15) is 0 Å². The van der Waals surface area contributed by atoms with Crippen LogP contribution >= 0.6 is 0 Å². The minimum absolute atomic E-state index is 0.0956. The van der Waals surface area contributed by atoms with Crippen molar-refractivity contribution in [3.05, 3.63) is 35.1 Å². The van der Waals surface area contributed by atoms with Gasteiger partial charge < -0.3 is 5.73 Å². The molecule has 0 unspecified atom stereocenters. The molecule has 0 heterocycles. The van der Waals surface area contributed by atoms with Crippen molar-refractivity contribution >= 4 is 0 Å². The van der Waals surface area contributed by atoms with Crippen LogP contribution in [0, 0.1) is 18.2 Å². The first-order valence-corrected chi connectivity index (χ1v) is 7.05. The quantitative estimate of drug-likeness (QED) is 0.820. The highest BCUT2D eigenvalue weighted by Gasteiger charge is 2.20. The monoisotopic (exact) mass is 266 g/mol. The fourth-order valence-corrected chi connectivity index (χ4v) is 2.19. The van der Waals surface area contributed by atoms with Gasteiger partial charge in [0.15, 0.2) is 0 Å². The van der Waals surface area contributed by atoms with Crippen LogP contribution in [-0.2, 0) is 6.54 Å². The van der Waals surface area contributed by atoms with Gasteiger partial charge in [0.05, 0.1) is 0 Å². The van der Waals surface area contributed by atoms with E-state index in [0.29, 0.717) is 12.1 Å². The Bertz CT molecular complexity index is 402. The molecule has 0 amide bonds. The lowest BCUT2D eigenvalue weighted by molar-refractivity contribution is 0.176. The number of rotatable bonds is 7. The predicted octanol–water partition coefficient (Wildman–Crippen LogP) is 3.33. The zero-order valence-corrected chi connectivity index (χ0v) is 12.7. The summed E-state index contributed by atoms with van der Waals surface area (Å²) in [5.74, 6) is -0.118. The Balaban J connectivity index is 2.74. The third kappa shape index (κ3) is 5.29. The average Bonchev–Trinajstić information content (AvgIpc) is 2.34. The van der Waals surface area contributed by atoms with Crippen LogP contribution in [0.3, 0.4) is 0 Å². The van der Waals surface area contributed by atoms with Gasteiger partial charge in [-0.25, -0.2) is 4.39 Å². The third-order valence-electron chi connectivity index (χ3n) is 3.39. The zero-order chi connectivity index (χ0) is 14.5. The van der Waals surface area contributed by atoms with Crippen molar-refractivity contribution in [2.24, 2.45) is 11.1 Å². The van der Waals surface area contributed by atoms with E-state index in [-0.39, 0.29) is 11.2 Å². The van der Waals surface area contributed by atoms with Gasteiger partial charge in [0.1, 0.15) is 5.82 Å². The molecule has 1 aromatic carbocycles. The maximum absolute atomic E-state index is 13.6. The minimum Gasteiger partial charge on any atom is -0.330 e. The van der Waals surface area contributed by atoms with E-state index in [2.05, 4.69) is 25.7 Å². The van der Waals surface area contributed by atoms with E-state index < -0.39 is 0 Å². The molecule has 0 saturated carbocycles. The summed E-state index contributed by atoms with van der Waals surface area (Å²) in [4.78, 5) is 2.36. The van der Waals surface area contributed by atoms with Crippen LogP contribution in [0.4, 0.5) is 4.39 Å². The molecule has 0 aliphatic heterocycles. The molecule has 0 radical (unpaired) electrons. The Kier molecular flexibility index (Phi) is 5.95. The third-order valence-corrected chi connectivity index (χ3v) is 3.39. The largest absolute Gasteiger partial charge is 0.330 e. The van der Waals surface area contributed by atoms with Crippen LogP contribution in [-0.4, -0.2) is 24.5 Å². The normalized spacial score (nSPS) is 12.2. The first kappa shape index (κ1) is 16.1. The summed E-state index contributed by atoms with van der Waals surface area (Å²) in [6.45, 7) is 11.7. The molecule has 2 nitrogen and oxygen atoms in total. The molecule has 0 fully saturated rings. The minimum atomic E-state index is -0.118. The van der Waals surface area contributed by atoms with Crippen LogP contribution in [0.1, 0.15) is 38.3 Å².